The average molecular weight is 291 g/mol. The van der Waals surface area contributed by atoms with Crippen molar-refractivity contribution in [1.29, 1.82) is 0 Å². The van der Waals surface area contributed by atoms with Gasteiger partial charge >= 0.3 is 0 Å². The van der Waals surface area contributed by atoms with Gasteiger partial charge in [-0.3, -0.25) is 9.59 Å². The predicted molar refractivity (Wildman–Crippen MR) is 80.5 cm³/mol. The quantitative estimate of drug-likeness (QED) is 0.828. The van der Waals surface area contributed by atoms with Crippen molar-refractivity contribution >= 4 is 17.5 Å². The van der Waals surface area contributed by atoms with Crippen LogP contribution in [0.4, 0.5) is 5.69 Å². The van der Waals surface area contributed by atoms with Crippen LogP contribution in [-0.4, -0.2) is 57.1 Å². The summed E-state index contributed by atoms with van der Waals surface area (Å²) in [6.07, 6.45) is 0.285. The number of carbonyl (C=O) groups is 2. The van der Waals surface area contributed by atoms with Crippen molar-refractivity contribution in [2.24, 2.45) is 0 Å². The van der Waals surface area contributed by atoms with Gasteiger partial charge in [-0.1, -0.05) is 12.1 Å². The van der Waals surface area contributed by atoms with E-state index in [4.69, 9.17) is 4.74 Å². The Morgan fingerprint density at radius 3 is 2.90 bits per heavy atom. The minimum absolute atomic E-state index is 0.0270. The maximum absolute atomic E-state index is 11.9. The number of nitrogens with one attached hydrogen (secondary N) is 1. The van der Waals surface area contributed by atoms with E-state index in [0.29, 0.717) is 18.8 Å². The van der Waals surface area contributed by atoms with Crippen molar-refractivity contribution in [2.75, 3.05) is 45.2 Å². The van der Waals surface area contributed by atoms with Crippen LogP contribution in [0.3, 0.4) is 0 Å². The zero-order valence-electron chi connectivity index (χ0n) is 12.5. The minimum Gasteiger partial charge on any atom is -0.482 e. The van der Waals surface area contributed by atoms with Gasteiger partial charge in [0.25, 0.3) is 5.91 Å². The minimum atomic E-state index is -0.116. The first-order chi connectivity index (χ1) is 10.1. The van der Waals surface area contributed by atoms with Gasteiger partial charge < -0.3 is 19.9 Å². The van der Waals surface area contributed by atoms with Crippen molar-refractivity contribution in [2.45, 2.75) is 6.42 Å². The summed E-state index contributed by atoms with van der Waals surface area (Å²) in [6.45, 7) is 1.80. The molecule has 6 heteroatoms. The van der Waals surface area contributed by atoms with E-state index in [9.17, 15) is 9.59 Å². The Morgan fingerprint density at radius 1 is 1.38 bits per heavy atom. The lowest BCUT2D eigenvalue weighted by Crippen LogP contribution is -2.41. The Hall–Kier alpha value is -2.08. The van der Waals surface area contributed by atoms with Crippen LogP contribution in [0.1, 0.15) is 6.42 Å². The largest absolute Gasteiger partial charge is 0.482 e. The third-order valence-corrected chi connectivity index (χ3v) is 3.25. The molecule has 114 valence electrons. The first-order valence-electron chi connectivity index (χ1n) is 7.01. The molecule has 2 rings (SSSR count). The molecule has 1 aromatic carbocycles. The number of nitrogens with zero attached hydrogens (tertiary/aromatic N) is 2. The average Bonchev–Trinajstić information content (AvgIpc) is 2.46. The second kappa shape index (κ2) is 7.08. The number of anilines is 1. The van der Waals surface area contributed by atoms with E-state index in [0.717, 1.165) is 12.2 Å². The maximum atomic E-state index is 11.9. The smallest absolute Gasteiger partial charge is 0.265 e. The van der Waals surface area contributed by atoms with Gasteiger partial charge in [-0.15, -0.1) is 0 Å². The Labute approximate surface area is 124 Å². The molecule has 0 bridgehead atoms. The van der Waals surface area contributed by atoms with Crippen LogP contribution in [0.15, 0.2) is 24.3 Å². The third-order valence-electron chi connectivity index (χ3n) is 3.25. The van der Waals surface area contributed by atoms with Gasteiger partial charge in [-0.2, -0.15) is 0 Å². The fraction of sp³-hybridized carbons (Fsp3) is 0.467. The molecule has 1 N–H and O–H groups in total. The van der Waals surface area contributed by atoms with Crippen molar-refractivity contribution in [3.63, 3.8) is 0 Å². The van der Waals surface area contributed by atoms with E-state index in [-0.39, 0.29) is 24.8 Å². The number of fused-ring (bicyclic) bond motifs is 1. The summed E-state index contributed by atoms with van der Waals surface area (Å²) in [4.78, 5) is 27.3. The molecule has 0 aliphatic carbocycles. The fourth-order valence-corrected chi connectivity index (χ4v) is 2.12. The molecule has 0 unspecified atom stereocenters. The Bertz CT molecular complexity index is 517. The molecule has 0 saturated heterocycles. The molecule has 0 saturated carbocycles. The second-order valence-corrected chi connectivity index (χ2v) is 5.21. The zero-order valence-corrected chi connectivity index (χ0v) is 12.5. The molecule has 0 atom stereocenters. The first-order valence-corrected chi connectivity index (χ1v) is 7.01. The van der Waals surface area contributed by atoms with Gasteiger partial charge in [-0.05, 0) is 26.2 Å². The molecule has 0 radical (unpaired) electrons. The third kappa shape index (κ3) is 4.19. The van der Waals surface area contributed by atoms with Crippen LogP contribution in [0.5, 0.6) is 5.75 Å². The number of benzene rings is 1. The number of para-hydroxylation sites is 2. The van der Waals surface area contributed by atoms with Crippen LogP contribution < -0.4 is 15.0 Å². The Balaban J connectivity index is 1.88. The molecular formula is C15H21N3O3. The summed E-state index contributed by atoms with van der Waals surface area (Å²) in [5.41, 5.74) is 0.731. The number of likely N-dealkylation sites (N-methyl/N-ethyl adjacent to an activating group) is 1. The van der Waals surface area contributed by atoms with Crippen molar-refractivity contribution < 1.29 is 14.3 Å². The van der Waals surface area contributed by atoms with Crippen molar-refractivity contribution in [3.8, 4) is 5.75 Å². The van der Waals surface area contributed by atoms with Crippen LogP contribution in [0.2, 0.25) is 0 Å². The molecule has 1 aromatic rings. The van der Waals surface area contributed by atoms with Gasteiger partial charge in [0.1, 0.15) is 5.75 Å². The topological polar surface area (TPSA) is 61.9 Å². The van der Waals surface area contributed by atoms with E-state index >= 15 is 0 Å². The highest BCUT2D eigenvalue weighted by atomic mass is 16.5. The summed E-state index contributed by atoms with van der Waals surface area (Å²) in [7, 11) is 3.91. The molecule has 1 aliphatic heterocycles. The van der Waals surface area contributed by atoms with E-state index < -0.39 is 0 Å². The molecule has 0 fully saturated rings. The number of amides is 2. The highest BCUT2D eigenvalue weighted by molar-refractivity contribution is 5.98. The molecule has 6 nitrogen and oxygen atoms in total. The monoisotopic (exact) mass is 291 g/mol. The van der Waals surface area contributed by atoms with Crippen LogP contribution in [0, 0.1) is 0 Å². The first kappa shape index (κ1) is 15.3. The lowest BCUT2D eigenvalue weighted by atomic mass is 10.2. The number of carbonyl (C=O) groups excluding carboxylic acids is 2. The van der Waals surface area contributed by atoms with E-state index in [2.05, 4.69) is 5.32 Å². The van der Waals surface area contributed by atoms with E-state index in [1.165, 1.54) is 0 Å². The van der Waals surface area contributed by atoms with Crippen molar-refractivity contribution in [3.05, 3.63) is 24.3 Å². The summed E-state index contributed by atoms with van der Waals surface area (Å²) in [5.74, 6) is 0.522. The highest BCUT2D eigenvalue weighted by Gasteiger charge is 2.25. The lowest BCUT2D eigenvalue weighted by molar-refractivity contribution is -0.122. The molecule has 21 heavy (non-hydrogen) atoms. The van der Waals surface area contributed by atoms with Gasteiger partial charge in [0.2, 0.25) is 5.91 Å². The molecule has 2 amide bonds. The summed E-state index contributed by atoms with van der Waals surface area (Å²) in [6, 6.07) is 7.37. The van der Waals surface area contributed by atoms with Crippen LogP contribution in [-0.2, 0) is 9.59 Å². The fourth-order valence-electron chi connectivity index (χ4n) is 2.12. The number of rotatable bonds is 6. The molecule has 0 spiro atoms. The predicted octanol–water partition coefficient (Wildman–Crippen LogP) is 0.480. The lowest BCUT2D eigenvalue weighted by Gasteiger charge is -2.29. The van der Waals surface area contributed by atoms with Crippen LogP contribution in [0.25, 0.3) is 0 Å². The van der Waals surface area contributed by atoms with E-state index in [1.54, 1.807) is 4.90 Å². The second-order valence-electron chi connectivity index (χ2n) is 5.21. The Morgan fingerprint density at radius 2 is 2.14 bits per heavy atom. The van der Waals surface area contributed by atoms with Gasteiger partial charge in [-0.25, -0.2) is 0 Å². The highest BCUT2D eigenvalue weighted by Crippen LogP contribution is 2.31. The summed E-state index contributed by atoms with van der Waals surface area (Å²) in [5, 5.41) is 2.84. The molecule has 1 aliphatic rings. The summed E-state index contributed by atoms with van der Waals surface area (Å²) < 4.78 is 5.37. The Kier molecular flexibility index (Phi) is 5.16. The number of ether oxygens (including phenoxy) is 1. The van der Waals surface area contributed by atoms with Gasteiger partial charge in [0.05, 0.1) is 5.69 Å². The number of hydrogen-bond donors (Lipinski definition) is 1. The molecular weight excluding hydrogens is 270 g/mol. The SMILES string of the molecule is CN(C)CCNC(=O)CCN1C(=O)COc2ccccc21. The molecule has 1 heterocycles. The van der Waals surface area contributed by atoms with Crippen LogP contribution >= 0.6 is 0 Å². The van der Waals surface area contributed by atoms with Gasteiger partial charge in [0.15, 0.2) is 6.61 Å². The number of hydrogen-bond acceptors (Lipinski definition) is 4. The normalized spacial score (nSPS) is 13.9. The summed E-state index contributed by atoms with van der Waals surface area (Å²) >= 11 is 0. The zero-order chi connectivity index (χ0) is 15.2. The maximum Gasteiger partial charge on any atom is 0.265 e. The molecule has 0 aromatic heterocycles. The van der Waals surface area contributed by atoms with Gasteiger partial charge in [0, 0.05) is 26.1 Å². The van der Waals surface area contributed by atoms with E-state index in [1.807, 2.05) is 43.3 Å². The van der Waals surface area contributed by atoms with Crippen molar-refractivity contribution in [1.82, 2.24) is 10.2 Å². The standard InChI is InChI=1S/C15H21N3O3/c1-17(2)10-8-16-14(19)7-9-18-12-5-3-4-6-13(12)21-11-15(18)20/h3-6H,7-11H2,1-2H3,(H,16,19).